The lowest BCUT2D eigenvalue weighted by molar-refractivity contribution is -0.115. The van der Waals surface area contributed by atoms with Crippen molar-refractivity contribution >= 4 is 34.8 Å². The number of nitrogens with one attached hydrogen (secondary N) is 1. The Bertz CT molecular complexity index is 609. The number of methoxy groups -OCH3 is 1. The topological polar surface area (TPSA) is 38.3 Å². The number of halogens is 2. The second-order valence-electron chi connectivity index (χ2n) is 4.16. The number of amides is 1. The van der Waals surface area contributed by atoms with E-state index in [1.807, 2.05) is 0 Å². The molecule has 1 N–H and O–H groups in total. The molecule has 1 amide bonds. The van der Waals surface area contributed by atoms with Crippen molar-refractivity contribution in [2.75, 3.05) is 12.4 Å². The van der Waals surface area contributed by atoms with Gasteiger partial charge in [0.25, 0.3) is 0 Å². The second kappa shape index (κ2) is 6.64. The van der Waals surface area contributed by atoms with Crippen molar-refractivity contribution in [2.24, 2.45) is 0 Å². The third-order valence-corrected chi connectivity index (χ3v) is 3.46. The molecule has 0 unspecified atom stereocenters. The summed E-state index contributed by atoms with van der Waals surface area (Å²) in [4.78, 5) is 12.0. The van der Waals surface area contributed by atoms with Crippen LogP contribution >= 0.6 is 23.2 Å². The van der Waals surface area contributed by atoms with Crippen molar-refractivity contribution in [1.82, 2.24) is 0 Å². The van der Waals surface area contributed by atoms with Crippen LogP contribution in [-0.2, 0) is 11.2 Å². The highest BCUT2D eigenvalue weighted by Gasteiger charge is 2.11. The molecule has 0 atom stereocenters. The maximum absolute atomic E-state index is 12.0. The van der Waals surface area contributed by atoms with E-state index < -0.39 is 0 Å². The van der Waals surface area contributed by atoms with Crippen LogP contribution in [0.4, 0.5) is 5.69 Å². The number of hydrogen-bond donors (Lipinski definition) is 1. The van der Waals surface area contributed by atoms with E-state index in [9.17, 15) is 4.79 Å². The summed E-state index contributed by atoms with van der Waals surface area (Å²) >= 11 is 12.1. The van der Waals surface area contributed by atoms with Crippen molar-refractivity contribution < 1.29 is 9.53 Å². The van der Waals surface area contributed by atoms with Gasteiger partial charge in [-0.25, -0.2) is 0 Å². The molecule has 5 heteroatoms. The van der Waals surface area contributed by atoms with Gasteiger partial charge in [0, 0.05) is 21.8 Å². The summed E-state index contributed by atoms with van der Waals surface area (Å²) in [6.45, 7) is 0. The molecule has 0 aliphatic rings. The summed E-state index contributed by atoms with van der Waals surface area (Å²) in [5.74, 6) is 0.492. The number of carbonyl (C=O) groups is 1. The number of rotatable bonds is 4. The summed E-state index contributed by atoms with van der Waals surface area (Å²) in [5.41, 5.74) is 1.29. The second-order valence-corrected chi connectivity index (χ2v) is 4.97. The molecule has 0 saturated heterocycles. The van der Waals surface area contributed by atoms with Gasteiger partial charge in [-0.05, 0) is 29.8 Å². The van der Waals surface area contributed by atoms with Crippen LogP contribution in [0.3, 0.4) is 0 Å². The smallest absolute Gasteiger partial charge is 0.228 e. The number of ether oxygens (including phenoxy) is 1. The van der Waals surface area contributed by atoms with Crippen molar-refractivity contribution in [3.8, 4) is 5.75 Å². The maximum Gasteiger partial charge on any atom is 0.228 e. The first-order valence-corrected chi connectivity index (χ1v) is 6.72. The summed E-state index contributed by atoms with van der Waals surface area (Å²) in [6.07, 6.45) is 0.121. The van der Waals surface area contributed by atoms with Gasteiger partial charge in [-0.1, -0.05) is 35.3 Å². The third kappa shape index (κ3) is 3.65. The fourth-order valence-corrected chi connectivity index (χ4v) is 2.30. The van der Waals surface area contributed by atoms with Crippen molar-refractivity contribution in [3.63, 3.8) is 0 Å². The Labute approximate surface area is 127 Å². The highest BCUT2D eigenvalue weighted by molar-refractivity contribution is 6.36. The van der Waals surface area contributed by atoms with Crippen LogP contribution in [0.1, 0.15) is 5.56 Å². The molecule has 0 spiro atoms. The zero-order valence-electron chi connectivity index (χ0n) is 10.8. The summed E-state index contributed by atoms with van der Waals surface area (Å²) in [6, 6.07) is 12.3. The molecule has 2 aromatic carbocycles. The van der Waals surface area contributed by atoms with Gasteiger partial charge in [0.2, 0.25) is 5.91 Å². The SMILES string of the molecule is COc1cccc(NC(=O)Cc2c(Cl)cccc2Cl)c1. The van der Waals surface area contributed by atoms with E-state index in [0.717, 1.165) is 0 Å². The van der Waals surface area contributed by atoms with E-state index in [4.69, 9.17) is 27.9 Å². The average molecular weight is 310 g/mol. The van der Waals surface area contributed by atoms with Gasteiger partial charge < -0.3 is 10.1 Å². The van der Waals surface area contributed by atoms with Crippen LogP contribution < -0.4 is 10.1 Å². The van der Waals surface area contributed by atoms with Crippen LogP contribution in [0.5, 0.6) is 5.75 Å². The molecule has 20 heavy (non-hydrogen) atoms. The van der Waals surface area contributed by atoms with Gasteiger partial charge in [-0.3, -0.25) is 4.79 Å². The lowest BCUT2D eigenvalue weighted by Gasteiger charge is -2.09. The van der Waals surface area contributed by atoms with Crippen LogP contribution in [0.15, 0.2) is 42.5 Å². The molecule has 3 nitrogen and oxygen atoms in total. The number of carbonyl (C=O) groups excluding carboxylic acids is 1. The first kappa shape index (κ1) is 14.7. The minimum Gasteiger partial charge on any atom is -0.497 e. The van der Waals surface area contributed by atoms with Crippen molar-refractivity contribution in [3.05, 3.63) is 58.1 Å². The third-order valence-electron chi connectivity index (χ3n) is 2.75. The molecule has 0 heterocycles. The standard InChI is InChI=1S/C15H13Cl2NO2/c1-20-11-5-2-4-10(8-11)18-15(19)9-12-13(16)6-3-7-14(12)17/h2-8H,9H2,1H3,(H,18,19). The molecule has 0 bridgehead atoms. The van der Waals surface area contributed by atoms with Gasteiger partial charge in [0.1, 0.15) is 5.75 Å². The molecular weight excluding hydrogens is 297 g/mol. The van der Waals surface area contributed by atoms with E-state index in [1.165, 1.54) is 0 Å². The Morgan fingerprint density at radius 1 is 1.15 bits per heavy atom. The predicted molar refractivity (Wildman–Crippen MR) is 81.8 cm³/mol. The number of benzene rings is 2. The van der Waals surface area contributed by atoms with Gasteiger partial charge in [-0.15, -0.1) is 0 Å². The zero-order chi connectivity index (χ0) is 14.5. The number of hydrogen-bond acceptors (Lipinski definition) is 2. The lowest BCUT2D eigenvalue weighted by Crippen LogP contribution is -2.14. The molecule has 104 valence electrons. The molecule has 0 aliphatic heterocycles. The van der Waals surface area contributed by atoms with Gasteiger partial charge in [0.15, 0.2) is 0 Å². The van der Waals surface area contributed by atoms with E-state index in [0.29, 0.717) is 27.0 Å². The fourth-order valence-electron chi connectivity index (χ4n) is 1.77. The molecule has 2 rings (SSSR count). The molecular formula is C15H13Cl2NO2. The minimum atomic E-state index is -0.187. The Balaban J connectivity index is 2.09. The average Bonchev–Trinajstić information content (AvgIpc) is 2.43. The predicted octanol–water partition coefficient (Wildman–Crippen LogP) is 4.18. The van der Waals surface area contributed by atoms with Gasteiger partial charge in [0.05, 0.1) is 13.5 Å². The Morgan fingerprint density at radius 3 is 2.45 bits per heavy atom. The summed E-state index contributed by atoms with van der Waals surface area (Å²) < 4.78 is 5.10. The van der Waals surface area contributed by atoms with Gasteiger partial charge >= 0.3 is 0 Å². The molecule has 0 aromatic heterocycles. The monoisotopic (exact) mass is 309 g/mol. The van der Waals surface area contributed by atoms with Crippen LogP contribution in [0.2, 0.25) is 10.0 Å². The van der Waals surface area contributed by atoms with E-state index >= 15 is 0 Å². The van der Waals surface area contributed by atoms with Crippen LogP contribution in [0.25, 0.3) is 0 Å². The highest BCUT2D eigenvalue weighted by atomic mass is 35.5. The first-order chi connectivity index (χ1) is 9.60. The van der Waals surface area contributed by atoms with Gasteiger partial charge in [-0.2, -0.15) is 0 Å². The van der Waals surface area contributed by atoms with Crippen molar-refractivity contribution in [1.29, 1.82) is 0 Å². The largest absolute Gasteiger partial charge is 0.497 e. The normalized spacial score (nSPS) is 10.2. The highest BCUT2D eigenvalue weighted by Crippen LogP contribution is 2.25. The Morgan fingerprint density at radius 2 is 1.80 bits per heavy atom. The van der Waals surface area contributed by atoms with E-state index in [1.54, 1.807) is 49.6 Å². The molecule has 2 aromatic rings. The van der Waals surface area contributed by atoms with E-state index in [2.05, 4.69) is 5.32 Å². The van der Waals surface area contributed by atoms with Crippen LogP contribution in [0, 0.1) is 0 Å². The number of anilines is 1. The molecule has 0 fully saturated rings. The first-order valence-electron chi connectivity index (χ1n) is 5.97. The quantitative estimate of drug-likeness (QED) is 0.920. The van der Waals surface area contributed by atoms with Crippen molar-refractivity contribution in [2.45, 2.75) is 6.42 Å². The lowest BCUT2D eigenvalue weighted by atomic mass is 10.1. The fraction of sp³-hybridized carbons (Fsp3) is 0.133. The molecule has 0 saturated carbocycles. The Kier molecular flexibility index (Phi) is 4.88. The minimum absolute atomic E-state index is 0.121. The molecule has 0 aliphatic carbocycles. The van der Waals surface area contributed by atoms with E-state index in [-0.39, 0.29) is 12.3 Å². The summed E-state index contributed by atoms with van der Waals surface area (Å²) in [7, 11) is 1.57. The van der Waals surface area contributed by atoms with Crippen LogP contribution in [-0.4, -0.2) is 13.0 Å². The maximum atomic E-state index is 12.0. The Hall–Kier alpha value is -1.71. The zero-order valence-corrected chi connectivity index (χ0v) is 12.3. The molecule has 0 radical (unpaired) electrons. The summed E-state index contributed by atoms with van der Waals surface area (Å²) in [5, 5.41) is 3.75.